The molecule has 1 unspecified atom stereocenters. The van der Waals surface area contributed by atoms with Crippen molar-refractivity contribution in [3.05, 3.63) is 12.7 Å². The Kier molecular flexibility index (Phi) is 12.1. The monoisotopic (exact) mass is 284 g/mol. The molecule has 0 radical (unpaired) electrons. The van der Waals surface area contributed by atoms with Gasteiger partial charge in [-0.15, -0.1) is 6.58 Å². The van der Waals surface area contributed by atoms with E-state index in [1.165, 1.54) is 0 Å². The maximum atomic E-state index is 11.5. The normalized spacial score (nSPS) is 11.9. The maximum Gasteiger partial charge on any atom is 0.305 e. The van der Waals surface area contributed by atoms with E-state index in [2.05, 4.69) is 6.58 Å². The highest BCUT2D eigenvalue weighted by Crippen LogP contribution is 2.17. The second-order valence-corrected chi connectivity index (χ2v) is 5.10. The second kappa shape index (κ2) is 12.9. The summed E-state index contributed by atoms with van der Waals surface area (Å²) >= 11 is 0. The minimum Gasteiger partial charge on any atom is -0.466 e. The van der Waals surface area contributed by atoms with E-state index in [9.17, 15) is 9.59 Å². The van der Waals surface area contributed by atoms with Gasteiger partial charge >= 0.3 is 5.97 Å². The number of carbonyl (C=O) groups excluding carboxylic acids is 2. The van der Waals surface area contributed by atoms with Crippen LogP contribution in [0.2, 0.25) is 0 Å². The van der Waals surface area contributed by atoms with E-state index in [0.717, 1.165) is 32.1 Å². The number of Topliss-reactive ketones (excluding diaryl/α,β-unsaturated/α-hetero) is 1. The summed E-state index contributed by atoms with van der Waals surface area (Å²) in [5.74, 6) is 0.308. The van der Waals surface area contributed by atoms with Crippen LogP contribution >= 0.6 is 0 Å². The first kappa shape index (κ1) is 18.8. The summed E-state index contributed by atoms with van der Waals surface area (Å²) in [6.07, 6.45) is 7.08. The van der Waals surface area contributed by atoms with Gasteiger partial charge in [0.1, 0.15) is 5.78 Å². The van der Waals surface area contributed by atoms with Crippen molar-refractivity contribution in [2.45, 2.75) is 51.9 Å². The van der Waals surface area contributed by atoms with Crippen LogP contribution in [0.1, 0.15) is 51.9 Å². The molecule has 0 aromatic rings. The number of unbranched alkanes of at least 4 members (excludes halogenated alkanes) is 1. The first-order valence-electron chi connectivity index (χ1n) is 7.35. The predicted octanol–water partition coefficient (Wildman–Crippen LogP) is 3.30. The van der Waals surface area contributed by atoms with Gasteiger partial charge in [-0.05, 0) is 44.9 Å². The maximum absolute atomic E-state index is 11.5. The summed E-state index contributed by atoms with van der Waals surface area (Å²) in [5.41, 5.74) is 0. The minimum absolute atomic E-state index is 0.161. The van der Waals surface area contributed by atoms with E-state index in [1.54, 1.807) is 14.0 Å². The van der Waals surface area contributed by atoms with Crippen molar-refractivity contribution in [2.75, 3.05) is 20.3 Å². The fraction of sp³-hybridized carbons (Fsp3) is 0.750. The third-order valence-corrected chi connectivity index (χ3v) is 3.12. The number of rotatable bonds is 13. The summed E-state index contributed by atoms with van der Waals surface area (Å²) in [4.78, 5) is 22.6. The molecule has 0 aliphatic rings. The van der Waals surface area contributed by atoms with Crippen LogP contribution in [0.4, 0.5) is 0 Å². The van der Waals surface area contributed by atoms with Crippen molar-refractivity contribution in [3.8, 4) is 0 Å². The fourth-order valence-corrected chi connectivity index (χ4v) is 2.04. The molecule has 0 fully saturated rings. The molecular weight excluding hydrogens is 256 g/mol. The van der Waals surface area contributed by atoms with E-state index >= 15 is 0 Å². The van der Waals surface area contributed by atoms with E-state index in [-0.39, 0.29) is 17.7 Å². The number of ether oxygens (including phenoxy) is 2. The highest BCUT2D eigenvalue weighted by atomic mass is 16.5. The third-order valence-electron chi connectivity index (χ3n) is 3.12. The molecule has 0 spiro atoms. The molecule has 0 heterocycles. The molecule has 0 saturated carbocycles. The van der Waals surface area contributed by atoms with Gasteiger partial charge in [0.05, 0.1) is 6.61 Å². The molecule has 0 rings (SSSR count). The van der Waals surface area contributed by atoms with Crippen LogP contribution in [0, 0.1) is 5.92 Å². The highest BCUT2D eigenvalue weighted by Gasteiger charge is 2.12. The minimum atomic E-state index is -0.161. The van der Waals surface area contributed by atoms with Crippen LogP contribution in [-0.4, -0.2) is 32.1 Å². The van der Waals surface area contributed by atoms with Gasteiger partial charge in [0.2, 0.25) is 0 Å². The van der Waals surface area contributed by atoms with Crippen LogP contribution in [0.3, 0.4) is 0 Å². The summed E-state index contributed by atoms with van der Waals surface area (Å²) in [5, 5.41) is 0. The Bertz CT molecular complexity index is 286. The number of methoxy groups -OCH3 is 1. The van der Waals surface area contributed by atoms with Crippen molar-refractivity contribution in [2.24, 2.45) is 5.92 Å². The molecule has 4 heteroatoms. The molecule has 0 N–H and O–H groups in total. The summed E-state index contributed by atoms with van der Waals surface area (Å²) in [7, 11) is 1.65. The van der Waals surface area contributed by atoms with Gasteiger partial charge < -0.3 is 14.3 Å². The molecular formula is C16H28O4. The number of ketones is 1. The predicted molar refractivity (Wildman–Crippen MR) is 79.5 cm³/mol. The van der Waals surface area contributed by atoms with Gasteiger partial charge in [0, 0.05) is 26.6 Å². The Morgan fingerprint density at radius 1 is 1.20 bits per heavy atom. The van der Waals surface area contributed by atoms with E-state index in [0.29, 0.717) is 26.1 Å². The highest BCUT2D eigenvalue weighted by molar-refractivity contribution is 5.75. The molecule has 0 aromatic heterocycles. The molecule has 0 aliphatic heterocycles. The van der Waals surface area contributed by atoms with Crippen molar-refractivity contribution in [3.63, 3.8) is 0 Å². The van der Waals surface area contributed by atoms with Crippen molar-refractivity contribution < 1.29 is 19.1 Å². The number of allylic oxidation sites excluding steroid dienone is 1. The first-order chi connectivity index (χ1) is 9.60. The lowest BCUT2D eigenvalue weighted by molar-refractivity contribution is -0.144. The van der Waals surface area contributed by atoms with Crippen LogP contribution in [0.15, 0.2) is 12.7 Å². The molecule has 0 bridgehead atoms. The molecule has 4 nitrogen and oxygen atoms in total. The Morgan fingerprint density at radius 2 is 1.95 bits per heavy atom. The standard InChI is InChI=1S/C16H28O4/c1-4-5-8-15(13-14(2)17)10-12-20-16(18)9-6-7-11-19-3/h4,15H,1,5-13H2,2-3H3. The zero-order valence-electron chi connectivity index (χ0n) is 12.9. The molecule has 0 saturated heterocycles. The van der Waals surface area contributed by atoms with Crippen molar-refractivity contribution in [1.29, 1.82) is 0 Å². The van der Waals surface area contributed by atoms with Crippen molar-refractivity contribution >= 4 is 11.8 Å². The van der Waals surface area contributed by atoms with Gasteiger partial charge in [0.15, 0.2) is 0 Å². The molecule has 0 amide bonds. The zero-order valence-corrected chi connectivity index (χ0v) is 12.9. The number of hydrogen-bond donors (Lipinski definition) is 0. The van der Waals surface area contributed by atoms with Gasteiger partial charge in [-0.1, -0.05) is 6.08 Å². The Hall–Kier alpha value is -1.16. The SMILES string of the molecule is C=CCCC(CCOC(=O)CCCCOC)CC(C)=O. The summed E-state index contributed by atoms with van der Waals surface area (Å²) in [6.45, 7) is 6.37. The average molecular weight is 284 g/mol. The average Bonchev–Trinajstić information content (AvgIpc) is 2.40. The largest absolute Gasteiger partial charge is 0.466 e. The Labute approximate surface area is 122 Å². The number of hydrogen-bond acceptors (Lipinski definition) is 4. The summed E-state index contributed by atoms with van der Waals surface area (Å²) < 4.78 is 10.1. The van der Waals surface area contributed by atoms with Crippen LogP contribution in [-0.2, 0) is 19.1 Å². The number of esters is 1. The quantitative estimate of drug-likeness (QED) is 0.296. The summed E-state index contributed by atoms with van der Waals surface area (Å²) in [6, 6.07) is 0. The molecule has 0 aliphatic carbocycles. The Morgan fingerprint density at radius 3 is 2.55 bits per heavy atom. The van der Waals surface area contributed by atoms with Gasteiger partial charge in [0.25, 0.3) is 0 Å². The zero-order chi connectivity index (χ0) is 15.2. The third kappa shape index (κ3) is 11.9. The molecule has 20 heavy (non-hydrogen) atoms. The first-order valence-corrected chi connectivity index (χ1v) is 7.35. The Balaban J connectivity index is 3.76. The lowest BCUT2D eigenvalue weighted by Crippen LogP contribution is -2.12. The molecule has 116 valence electrons. The van der Waals surface area contributed by atoms with Gasteiger partial charge in [-0.2, -0.15) is 0 Å². The van der Waals surface area contributed by atoms with Crippen LogP contribution < -0.4 is 0 Å². The van der Waals surface area contributed by atoms with Crippen molar-refractivity contribution in [1.82, 2.24) is 0 Å². The fourth-order valence-electron chi connectivity index (χ4n) is 2.04. The van der Waals surface area contributed by atoms with E-state index in [1.807, 2.05) is 6.08 Å². The second-order valence-electron chi connectivity index (χ2n) is 5.10. The number of carbonyl (C=O) groups is 2. The molecule has 0 aromatic carbocycles. The smallest absolute Gasteiger partial charge is 0.305 e. The van der Waals surface area contributed by atoms with Gasteiger partial charge in [-0.25, -0.2) is 0 Å². The van der Waals surface area contributed by atoms with E-state index in [4.69, 9.17) is 9.47 Å². The van der Waals surface area contributed by atoms with Crippen LogP contribution in [0.5, 0.6) is 0 Å². The van der Waals surface area contributed by atoms with Crippen LogP contribution in [0.25, 0.3) is 0 Å². The molecule has 1 atom stereocenters. The lowest BCUT2D eigenvalue weighted by Gasteiger charge is -2.14. The van der Waals surface area contributed by atoms with Gasteiger partial charge in [-0.3, -0.25) is 4.79 Å². The topological polar surface area (TPSA) is 52.6 Å². The lowest BCUT2D eigenvalue weighted by atomic mass is 9.94. The van der Waals surface area contributed by atoms with E-state index < -0.39 is 0 Å².